The molecule has 1 saturated carbocycles. The van der Waals surface area contributed by atoms with E-state index < -0.39 is 17.8 Å². The molecule has 1 aromatic carbocycles. The van der Waals surface area contributed by atoms with E-state index in [1.54, 1.807) is 30.0 Å². The number of ketones is 2. The summed E-state index contributed by atoms with van der Waals surface area (Å²) in [4.78, 5) is 55.3. The van der Waals surface area contributed by atoms with Crippen molar-refractivity contribution in [2.45, 2.75) is 63.8 Å². The Labute approximate surface area is 204 Å². The van der Waals surface area contributed by atoms with Crippen LogP contribution in [0.25, 0.3) is 0 Å². The quantitative estimate of drug-likeness (QED) is 0.397. The Morgan fingerprint density at radius 3 is 2.49 bits per heavy atom. The van der Waals surface area contributed by atoms with Crippen LogP contribution < -0.4 is 0 Å². The van der Waals surface area contributed by atoms with Crippen molar-refractivity contribution in [1.29, 1.82) is 0 Å². The van der Waals surface area contributed by atoms with Crippen LogP contribution in [0.5, 0.6) is 5.75 Å². The second-order valence-electron chi connectivity index (χ2n) is 10.7. The minimum Gasteiger partial charge on any atom is -0.508 e. The van der Waals surface area contributed by atoms with Gasteiger partial charge in [-0.3, -0.25) is 24.1 Å². The third kappa shape index (κ3) is 3.29. The van der Waals surface area contributed by atoms with Gasteiger partial charge in [-0.05, 0) is 62.3 Å². The first-order valence-corrected chi connectivity index (χ1v) is 12.7. The monoisotopic (exact) mass is 471 g/mol. The maximum absolute atomic E-state index is 13.8. The predicted octanol–water partition coefficient (Wildman–Crippen LogP) is 4.15. The summed E-state index contributed by atoms with van der Waals surface area (Å²) < 4.78 is 0. The number of benzene rings is 1. The molecular formula is C29H29NO5. The molecule has 35 heavy (non-hydrogen) atoms. The SMILES string of the molecule is CC1=CC(=O)C2=C(CC3C(=CCC4C(=O)N(C5CCCCC5)C(=O)C43)C2c2cccc(O)c2)C1=O. The molecular weight excluding hydrogens is 442 g/mol. The molecule has 0 radical (unpaired) electrons. The molecule has 2 fully saturated rings. The first-order chi connectivity index (χ1) is 16.9. The highest BCUT2D eigenvalue weighted by atomic mass is 16.3. The summed E-state index contributed by atoms with van der Waals surface area (Å²) in [6, 6.07) is 6.75. The van der Waals surface area contributed by atoms with Crippen LogP contribution in [0.3, 0.4) is 0 Å². The molecule has 4 aliphatic carbocycles. The molecule has 1 aromatic rings. The van der Waals surface area contributed by atoms with Crippen LogP contribution in [-0.2, 0) is 19.2 Å². The number of allylic oxidation sites excluding steroid dienone is 6. The highest BCUT2D eigenvalue weighted by Crippen LogP contribution is 2.55. The van der Waals surface area contributed by atoms with Gasteiger partial charge >= 0.3 is 0 Å². The van der Waals surface area contributed by atoms with E-state index in [1.165, 1.54) is 6.08 Å². The smallest absolute Gasteiger partial charge is 0.233 e. The number of hydrogen-bond acceptors (Lipinski definition) is 5. The average molecular weight is 472 g/mol. The van der Waals surface area contributed by atoms with Gasteiger partial charge in [-0.2, -0.15) is 0 Å². The first kappa shape index (κ1) is 22.2. The summed E-state index contributed by atoms with van der Waals surface area (Å²) in [5, 5.41) is 10.2. The number of phenolic OH excluding ortho intramolecular Hbond substituents is 1. The number of aromatic hydroxyl groups is 1. The van der Waals surface area contributed by atoms with Crippen LogP contribution in [0.1, 0.15) is 63.4 Å². The van der Waals surface area contributed by atoms with E-state index >= 15 is 0 Å². The summed E-state index contributed by atoms with van der Waals surface area (Å²) >= 11 is 0. The van der Waals surface area contributed by atoms with Gasteiger partial charge in [0.05, 0.1) is 11.8 Å². The number of rotatable bonds is 2. The predicted molar refractivity (Wildman–Crippen MR) is 128 cm³/mol. The van der Waals surface area contributed by atoms with E-state index in [1.807, 2.05) is 12.1 Å². The Bertz CT molecular complexity index is 1260. The summed E-state index contributed by atoms with van der Waals surface area (Å²) in [5.41, 5.74) is 2.97. The molecule has 4 unspecified atom stereocenters. The highest BCUT2D eigenvalue weighted by molar-refractivity contribution is 6.23. The van der Waals surface area contributed by atoms with Gasteiger partial charge in [0.25, 0.3) is 0 Å². The Balaban J connectivity index is 1.46. The largest absolute Gasteiger partial charge is 0.508 e. The fraction of sp³-hybridized carbons (Fsp3) is 0.448. The Kier molecular flexibility index (Phi) is 5.17. The molecule has 0 spiro atoms. The second-order valence-corrected chi connectivity index (χ2v) is 10.7. The zero-order valence-electron chi connectivity index (χ0n) is 19.8. The van der Waals surface area contributed by atoms with E-state index in [0.29, 0.717) is 29.6 Å². The zero-order chi connectivity index (χ0) is 24.4. The lowest BCUT2D eigenvalue weighted by molar-refractivity contribution is -0.143. The van der Waals surface area contributed by atoms with Gasteiger partial charge < -0.3 is 5.11 Å². The highest BCUT2D eigenvalue weighted by Gasteiger charge is 2.57. The standard InChI is InChI=1S/C29H29NO5/c1-15-12-23(32)26-22(27(15)33)14-21-19(24(26)16-6-5-9-18(31)13-16)10-11-20-25(21)29(35)30(28(20)34)17-7-3-2-4-8-17/h5-6,9-10,12-13,17,20-21,24-25,31H,2-4,7-8,11,14H2,1H3. The number of fused-ring (bicyclic) bond motifs is 3. The average Bonchev–Trinajstić information content (AvgIpc) is 3.11. The van der Waals surface area contributed by atoms with Crippen molar-refractivity contribution in [2.75, 3.05) is 0 Å². The van der Waals surface area contributed by atoms with Crippen LogP contribution in [0.15, 0.2) is 58.7 Å². The molecule has 0 aromatic heterocycles. The Morgan fingerprint density at radius 1 is 0.971 bits per heavy atom. The van der Waals surface area contributed by atoms with Gasteiger partial charge in [0.1, 0.15) is 5.75 Å². The lowest BCUT2D eigenvalue weighted by Gasteiger charge is -2.42. The van der Waals surface area contributed by atoms with Crippen molar-refractivity contribution in [2.24, 2.45) is 17.8 Å². The van der Waals surface area contributed by atoms with Gasteiger partial charge in [-0.1, -0.05) is 43.0 Å². The van der Waals surface area contributed by atoms with Crippen LogP contribution in [-0.4, -0.2) is 39.4 Å². The van der Waals surface area contributed by atoms with Gasteiger partial charge in [0.15, 0.2) is 11.6 Å². The summed E-state index contributed by atoms with van der Waals surface area (Å²) in [6.45, 7) is 1.65. The molecule has 6 rings (SSSR count). The van der Waals surface area contributed by atoms with E-state index in [4.69, 9.17) is 0 Å². The van der Waals surface area contributed by atoms with Crippen molar-refractivity contribution < 1.29 is 24.3 Å². The third-order valence-corrected chi connectivity index (χ3v) is 8.74. The zero-order valence-corrected chi connectivity index (χ0v) is 19.8. The fourth-order valence-corrected chi connectivity index (χ4v) is 7.19. The fourth-order valence-electron chi connectivity index (χ4n) is 7.19. The molecule has 1 heterocycles. The van der Waals surface area contributed by atoms with Crippen molar-refractivity contribution in [3.05, 3.63) is 64.3 Å². The maximum atomic E-state index is 13.8. The molecule has 6 nitrogen and oxygen atoms in total. The van der Waals surface area contributed by atoms with Gasteiger partial charge in [0, 0.05) is 28.7 Å². The Hall–Kier alpha value is -3.28. The van der Waals surface area contributed by atoms with Crippen LogP contribution in [0.4, 0.5) is 0 Å². The lowest BCUT2D eigenvalue weighted by atomic mass is 9.59. The molecule has 1 aliphatic heterocycles. The molecule has 0 bridgehead atoms. The van der Waals surface area contributed by atoms with Gasteiger partial charge in [0.2, 0.25) is 11.8 Å². The number of nitrogens with zero attached hydrogens (tertiary/aromatic N) is 1. The van der Waals surface area contributed by atoms with Crippen LogP contribution in [0.2, 0.25) is 0 Å². The normalized spacial score (nSPS) is 31.2. The number of Topliss-reactive ketones (excluding diaryl/α,β-unsaturated/α-hetero) is 1. The maximum Gasteiger partial charge on any atom is 0.233 e. The van der Waals surface area contributed by atoms with E-state index in [2.05, 4.69) is 0 Å². The topological polar surface area (TPSA) is 91.8 Å². The van der Waals surface area contributed by atoms with Crippen molar-refractivity contribution in [1.82, 2.24) is 4.90 Å². The lowest BCUT2D eigenvalue weighted by Crippen LogP contribution is -2.43. The van der Waals surface area contributed by atoms with E-state index in [0.717, 1.165) is 43.2 Å². The summed E-state index contributed by atoms with van der Waals surface area (Å²) in [7, 11) is 0. The van der Waals surface area contributed by atoms with Crippen molar-refractivity contribution in [3.8, 4) is 5.75 Å². The molecule has 4 atom stereocenters. The minimum absolute atomic E-state index is 0.0268. The Morgan fingerprint density at radius 2 is 1.74 bits per heavy atom. The third-order valence-electron chi connectivity index (χ3n) is 8.74. The number of hydrogen-bond donors (Lipinski definition) is 1. The molecule has 1 N–H and O–H groups in total. The number of carbonyl (C=O) groups is 4. The first-order valence-electron chi connectivity index (χ1n) is 12.7. The number of likely N-dealkylation sites (tertiary alicyclic amines) is 1. The van der Waals surface area contributed by atoms with Crippen LogP contribution >= 0.6 is 0 Å². The van der Waals surface area contributed by atoms with E-state index in [9.17, 15) is 24.3 Å². The molecule has 2 amide bonds. The second kappa shape index (κ2) is 8.14. The van der Waals surface area contributed by atoms with Crippen LogP contribution in [0, 0.1) is 17.8 Å². The molecule has 6 heteroatoms. The summed E-state index contributed by atoms with van der Waals surface area (Å²) in [6.07, 6.45) is 9.11. The van der Waals surface area contributed by atoms with Gasteiger partial charge in [-0.25, -0.2) is 0 Å². The molecule has 1 saturated heterocycles. The minimum atomic E-state index is -0.510. The number of imide groups is 1. The molecule has 5 aliphatic rings. The van der Waals surface area contributed by atoms with E-state index in [-0.39, 0.29) is 41.1 Å². The summed E-state index contributed by atoms with van der Waals surface area (Å²) in [5.74, 6) is -2.18. The number of phenols is 1. The van der Waals surface area contributed by atoms with Crippen molar-refractivity contribution in [3.63, 3.8) is 0 Å². The van der Waals surface area contributed by atoms with Gasteiger partial charge in [-0.15, -0.1) is 0 Å². The molecule has 180 valence electrons. The number of carbonyl (C=O) groups excluding carboxylic acids is 4. The van der Waals surface area contributed by atoms with Crippen molar-refractivity contribution >= 4 is 23.4 Å². The number of amides is 2.